The molecule has 0 atom stereocenters. The van der Waals surface area contributed by atoms with Gasteiger partial charge in [-0.2, -0.15) is 0 Å². The molecule has 0 bridgehead atoms. The van der Waals surface area contributed by atoms with Gasteiger partial charge in [0.2, 0.25) is 0 Å². The molecular formula is C22H20F2N2O3S. The summed E-state index contributed by atoms with van der Waals surface area (Å²) in [5.41, 5.74) is 1.68. The fourth-order valence-electron chi connectivity index (χ4n) is 2.83. The molecule has 0 saturated carbocycles. The molecule has 1 amide bonds. The molecule has 156 valence electrons. The zero-order valence-corrected chi connectivity index (χ0v) is 17.2. The van der Waals surface area contributed by atoms with Crippen LogP contribution in [0.25, 0.3) is 0 Å². The SMILES string of the molecule is Cc1ccc(NS(=O)(=O)c2cccc(C(=O)N(C)Cc3ccc(F)cc3F)c2)cc1. The van der Waals surface area contributed by atoms with Crippen LogP contribution >= 0.6 is 0 Å². The van der Waals surface area contributed by atoms with Crippen LogP contribution in [0.3, 0.4) is 0 Å². The van der Waals surface area contributed by atoms with E-state index in [1.165, 1.54) is 42.3 Å². The van der Waals surface area contributed by atoms with Gasteiger partial charge >= 0.3 is 0 Å². The zero-order valence-electron chi connectivity index (χ0n) is 16.4. The highest BCUT2D eigenvalue weighted by molar-refractivity contribution is 7.92. The van der Waals surface area contributed by atoms with Crippen molar-refractivity contribution >= 4 is 21.6 Å². The minimum Gasteiger partial charge on any atom is -0.337 e. The average molecular weight is 430 g/mol. The van der Waals surface area contributed by atoms with Gasteiger partial charge < -0.3 is 4.90 Å². The lowest BCUT2D eigenvalue weighted by Gasteiger charge is -2.18. The first-order valence-electron chi connectivity index (χ1n) is 9.05. The van der Waals surface area contributed by atoms with E-state index in [-0.39, 0.29) is 22.6 Å². The Bertz CT molecular complexity index is 1180. The fourth-order valence-corrected chi connectivity index (χ4v) is 3.93. The summed E-state index contributed by atoms with van der Waals surface area (Å²) < 4.78 is 54.7. The van der Waals surface area contributed by atoms with E-state index in [0.717, 1.165) is 17.7 Å². The Morgan fingerprint density at radius 1 is 1.00 bits per heavy atom. The number of aryl methyl sites for hydroxylation is 1. The van der Waals surface area contributed by atoms with Crippen molar-refractivity contribution in [2.45, 2.75) is 18.4 Å². The number of hydrogen-bond donors (Lipinski definition) is 1. The van der Waals surface area contributed by atoms with E-state index < -0.39 is 27.6 Å². The highest BCUT2D eigenvalue weighted by atomic mass is 32.2. The molecule has 0 aliphatic carbocycles. The van der Waals surface area contributed by atoms with Crippen LogP contribution in [0.2, 0.25) is 0 Å². The fraction of sp³-hybridized carbons (Fsp3) is 0.136. The number of anilines is 1. The third-order valence-corrected chi connectivity index (χ3v) is 5.84. The maximum atomic E-state index is 13.9. The standard InChI is InChI=1S/C22H20F2N2O3S/c1-15-6-10-19(11-7-15)25-30(28,29)20-5-3-4-16(12-20)22(27)26(2)14-17-8-9-18(23)13-21(17)24/h3-13,25H,14H2,1-2H3. The Hall–Kier alpha value is -3.26. The number of hydrogen-bond acceptors (Lipinski definition) is 3. The molecule has 3 rings (SSSR count). The van der Waals surface area contributed by atoms with Gasteiger partial charge in [-0.3, -0.25) is 9.52 Å². The summed E-state index contributed by atoms with van der Waals surface area (Å²) in [5.74, 6) is -1.95. The van der Waals surface area contributed by atoms with Gasteiger partial charge in [0, 0.05) is 36.5 Å². The summed E-state index contributed by atoms with van der Waals surface area (Å²) in [6, 6.07) is 15.6. The van der Waals surface area contributed by atoms with Crippen molar-refractivity contribution in [2.24, 2.45) is 0 Å². The number of amides is 1. The molecular weight excluding hydrogens is 410 g/mol. The van der Waals surface area contributed by atoms with E-state index in [4.69, 9.17) is 0 Å². The topological polar surface area (TPSA) is 66.5 Å². The summed E-state index contributed by atoms with van der Waals surface area (Å²) in [5, 5.41) is 0. The molecule has 5 nitrogen and oxygen atoms in total. The van der Waals surface area contributed by atoms with E-state index >= 15 is 0 Å². The Kier molecular flexibility index (Phi) is 6.17. The molecule has 0 unspecified atom stereocenters. The molecule has 0 radical (unpaired) electrons. The predicted octanol–water partition coefficient (Wildman–Crippen LogP) is 4.35. The zero-order chi connectivity index (χ0) is 21.9. The van der Waals surface area contributed by atoms with Gasteiger partial charge in [0.1, 0.15) is 11.6 Å². The van der Waals surface area contributed by atoms with Crippen molar-refractivity contribution in [1.29, 1.82) is 0 Å². The van der Waals surface area contributed by atoms with Gasteiger partial charge in [0.25, 0.3) is 15.9 Å². The molecule has 0 heterocycles. The summed E-state index contributed by atoms with van der Waals surface area (Å²) in [7, 11) is -2.45. The number of carbonyl (C=O) groups is 1. The Balaban J connectivity index is 1.79. The van der Waals surface area contributed by atoms with Crippen LogP contribution in [0.4, 0.5) is 14.5 Å². The normalized spacial score (nSPS) is 11.2. The number of nitrogens with one attached hydrogen (secondary N) is 1. The summed E-state index contributed by atoms with van der Waals surface area (Å²) in [4.78, 5) is 13.9. The maximum Gasteiger partial charge on any atom is 0.261 e. The Morgan fingerprint density at radius 2 is 1.70 bits per heavy atom. The van der Waals surface area contributed by atoms with Gasteiger partial charge in [0.05, 0.1) is 4.90 Å². The summed E-state index contributed by atoms with van der Waals surface area (Å²) in [6.45, 7) is 1.80. The molecule has 3 aromatic carbocycles. The highest BCUT2D eigenvalue weighted by Gasteiger charge is 2.19. The third kappa shape index (κ3) is 5.01. The number of benzene rings is 3. The molecule has 0 saturated heterocycles. The number of rotatable bonds is 6. The average Bonchev–Trinajstić information content (AvgIpc) is 2.71. The van der Waals surface area contributed by atoms with Crippen molar-refractivity contribution in [3.05, 3.63) is 95.1 Å². The monoisotopic (exact) mass is 430 g/mol. The van der Waals surface area contributed by atoms with Gasteiger partial charge in [-0.25, -0.2) is 17.2 Å². The largest absolute Gasteiger partial charge is 0.337 e. The van der Waals surface area contributed by atoms with Crippen molar-refractivity contribution < 1.29 is 22.0 Å². The first-order chi connectivity index (χ1) is 14.2. The minimum absolute atomic E-state index is 0.0738. The smallest absolute Gasteiger partial charge is 0.261 e. The van der Waals surface area contributed by atoms with Crippen molar-refractivity contribution in [1.82, 2.24) is 4.90 Å². The molecule has 0 spiro atoms. The van der Waals surface area contributed by atoms with Crippen LogP contribution in [-0.4, -0.2) is 26.3 Å². The van der Waals surface area contributed by atoms with Gasteiger partial charge in [-0.05, 0) is 43.3 Å². The van der Waals surface area contributed by atoms with Crippen LogP contribution in [0.5, 0.6) is 0 Å². The molecule has 0 aromatic heterocycles. The van der Waals surface area contributed by atoms with Crippen molar-refractivity contribution in [2.75, 3.05) is 11.8 Å². The lowest BCUT2D eigenvalue weighted by atomic mass is 10.1. The van der Waals surface area contributed by atoms with Gasteiger partial charge in [-0.15, -0.1) is 0 Å². The van der Waals surface area contributed by atoms with Crippen molar-refractivity contribution in [3.63, 3.8) is 0 Å². The molecule has 1 N–H and O–H groups in total. The van der Waals surface area contributed by atoms with Crippen LogP contribution in [-0.2, 0) is 16.6 Å². The lowest BCUT2D eigenvalue weighted by molar-refractivity contribution is 0.0783. The molecule has 0 fully saturated rings. The van der Waals surface area contributed by atoms with Gasteiger partial charge in [0.15, 0.2) is 0 Å². The number of carbonyl (C=O) groups excluding carboxylic acids is 1. The Labute approximate surface area is 174 Å². The van der Waals surface area contributed by atoms with Gasteiger partial charge in [-0.1, -0.05) is 29.8 Å². The Morgan fingerprint density at radius 3 is 2.37 bits per heavy atom. The first kappa shape index (κ1) is 21.4. The highest BCUT2D eigenvalue weighted by Crippen LogP contribution is 2.19. The summed E-state index contributed by atoms with van der Waals surface area (Å²) >= 11 is 0. The summed E-state index contributed by atoms with van der Waals surface area (Å²) in [6.07, 6.45) is 0. The van der Waals surface area contributed by atoms with E-state index in [9.17, 15) is 22.0 Å². The van der Waals surface area contributed by atoms with Crippen LogP contribution in [0.15, 0.2) is 71.6 Å². The number of sulfonamides is 1. The number of halogens is 2. The first-order valence-corrected chi connectivity index (χ1v) is 10.5. The maximum absolute atomic E-state index is 13.9. The quantitative estimate of drug-likeness (QED) is 0.632. The molecule has 3 aromatic rings. The van der Waals surface area contributed by atoms with Crippen LogP contribution in [0, 0.1) is 18.6 Å². The van der Waals surface area contributed by atoms with Crippen LogP contribution < -0.4 is 4.72 Å². The molecule has 0 aliphatic rings. The van der Waals surface area contributed by atoms with E-state index in [1.807, 2.05) is 6.92 Å². The van der Waals surface area contributed by atoms with E-state index in [0.29, 0.717) is 5.69 Å². The van der Waals surface area contributed by atoms with E-state index in [1.54, 1.807) is 24.3 Å². The molecule has 8 heteroatoms. The second-order valence-electron chi connectivity index (χ2n) is 6.90. The second kappa shape index (κ2) is 8.62. The molecule has 0 aliphatic heterocycles. The second-order valence-corrected chi connectivity index (χ2v) is 8.58. The third-order valence-electron chi connectivity index (χ3n) is 4.46. The predicted molar refractivity (Wildman–Crippen MR) is 111 cm³/mol. The minimum atomic E-state index is -3.90. The van der Waals surface area contributed by atoms with E-state index in [2.05, 4.69) is 4.72 Å². The lowest BCUT2D eigenvalue weighted by Crippen LogP contribution is -2.27. The van der Waals surface area contributed by atoms with Crippen LogP contribution in [0.1, 0.15) is 21.5 Å². The molecule has 30 heavy (non-hydrogen) atoms. The number of nitrogens with zero attached hydrogens (tertiary/aromatic N) is 1. The van der Waals surface area contributed by atoms with Crippen molar-refractivity contribution in [3.8, 4) is 0 Å².